The van der Waals surface area contributed by atoms with E-state index in [4.69, 9.17) is 5.26 Å². The van der Waals surface area contributed by atoms with E-state index in [0.717, 1.165) is 24.3 Å². The fraction of sp³-hybridized carbons (Fsp3) is 0.188. The number of carbonyl (C=O) groups is 1. The summed E-state index contributed by atoms with van der Waals surface area (Å²) in [6.45, 7) is 1.32. The average Bonchev–Trinajstić information content (AvgIpc) is 2.55. The van der Waals surface area contributed by atoms with Gasteiger partial charge in [0.1, 0.15) is 22.7 Å². The van der Waals surface area contributed by atoms with Gasteiger partial charge in [0.2, 0.25) is 5.91 Å². The number of thioether (sulfide) groups is 1. The number of nitrogens with zero attached hydrogens (tertiary/aromatic N) is 2. The standard InChI is InChI=1S/C16H10F5N3OS/c1-8-4-11(16(19,20)21)10(6-22)15(23-8)26-7-14(25)24-13-5-9(17)2-3-12(13)18/h2-5H,7H2,1H3,(H,24,25). The molecule has 0 aliphatic heterocycles. The van der Waals surface area contributed by atoms with Crippen LogP contribution in [0.1, 0.15) is 16.8 Å². The molecular formula is C16H10F5N3OS. The van der Waals surface area contributed by atoms with Crippen LogP contribution < -0.4 is 5.32 Å². The van der Waals surface area contributed by atoms with E-state index in [0.29, 0.717) is 11.8 Å². The lowest BCUT2D eigenvalue weighted by Crippen LogP contribution is -2.16. The number of anilines is 1. The second kappa shape index (κ2) is 7.70. The molecule has 1 N–H and O–H groups in total. The highest BCUT2D eigenvalue weighted by atomic mass is 32.2. The first kappa shape index (κ1) is 19.7. The lowest BCUT2D eigenvalue weighted by atomic mass is 10.1. The van der Waals surface area contributed by atoms with Gasteiger partial charge in [-0.25, -0.2) is 13.8 Å². The fourth-order valence-corrected chi connectivity index (χ4v) is 2.84. The summed E-state index contributed by atoms with van der Waals surface area (Å²) >= 11 is 0.592. The van der Waals surface area contributed by atoms with Gasteiger partial charge < -0.3 is 5.32 Å². The van der Waals surface area contributed by atoms with Gasteiger partial charge in [-0.05, 0) is 25.1 Å². The van der Waals surface area contributed by atoms with Crippen LogP contribution in [-0.2, 0) is 11.0 Å². The molecule has 0 unspecified atom stereocenters. The Balaban J connectivity index is 2.19. The molecule has 1 aromatic heterocycles. The minimum Gasteiger partial charge on any atom is -0.323 e. The van der Waals surface area contributed by atoms with Crippen LogP contribution in [0, 0.1) is 29.9 Å². The Morgan fingerprint density at radius 3 is 2.62 bits per heavy atom. The minimum absolute atomic E-state index is 0.0235. The second-order valence-electron chi connectivity index (χ2n) is 5.06. The molecule has 0 saturated heterocycles. The summed E-state index contributed by atoms with van der Waals surface area (Å²) in [6, 6.07) is 4.65. The number of alkyl halides is 3. The van der Waals surface area contributed by atoms with Crippen molar-refractivity contribution in [1.82, 2.24) is 4.98 Å². The summed E-state index contributed by atoms with van der Waals surface area (Å²) < 4.78 is 65.6. The molecule has 0 spiro atoms. The summed E-state index contributed by atoms with van der Waals surface area (Å²) in [7, 11) is 0. The van der Waals surface area contributed by atoms with E-state index >= 15 is 0 Å². The fourth-order valence-electron chi connectivity index (χ4n) is 1.99. The predicted molar refractivity (Wildman–Crippen MR) is 84.4 cm³/mol. The molecule has 0 saturated carbocycles. The van der Waals surface area contributed by atoms with Crippen LogP contribution in [0.25, 0.3) is 0 Å². The largest absolute Gasteiger partial charge is 0.417 e. The first-order valence-electron chi connectivity index (χ1n) is 6.98. The van der Waals surface area contributed by atoms with Crippen molar-refractivity contribution >= 4 is 23.4 Å². The van der Waals surface area contributed by atoms with Crippen LogP contribution in [0.3, 0.4) is 0 Å². The number of carbonyl (C=O) groups excluding carboxylic acids is 1. The van der Waals surface area contributed by atoms with Crippen LogP contribution in [-0.4, -0.2) is 16.6 Å². The van der Waals surface area contributed by atoms with Gasteiger partial charge in [-0.15, -0.1) is 0 Å². The number of benzene rings is 1. The molecule has 10 heteroatoms. The highest BCUT2D eigenvalue weighted by molar-refractivity contribution is 8.00. The summed E-state index contributed by atoms with van der Waals surface area (Å²) in [5, 5.41) is 10.9. The smallest absolute Gasteiger partial charge is 0.323 e. The molecule has 0 aliphatic carbocycles. The van der Waals surface area contributed by atoms with Crippen LogP contribution in [0.2, 0.25) is 0 Å². The van der Waals surface area contributed by atoms with Crippen molar-refractivity contribution in [1.29, 1.82) is 5.26 Å². The van der Waals surface area contributed by atoms with Crippen molar-refractivity contribution in [2.24, 2.45) is 0 Å². The third kappa shape index (κ3) is 4.70. The summed E-state index contributed by atoms with van der Waals surface area (Å²) in [5.74, 6) is -2.87. The van der Waals surface area contributed by atoms with Gasteiger partial charge in [-0.3, -0.25) is 4.79 Å². The normalized spacial score (nSPS) is 11.1. The molecule has 0 bridgehead atoms. The molecule has 136 valence electrons. The topological polar surface area (TPSA) is 65.8 Å². The molecule has 1 aromatic carbocycles. The number of pyridine rings is 1. The van der Waals surface area contributed by atoms with Crippen LogP contribution in [0.15, 0.2) is 29.3 Å². The van der Waals surface area contributed by atoms with Crippen molar-refractivity contribution < 1.29 is 26.7 Å². The number of rotatable bonds is 4. The maximum absolute atomic E-state index is 13.5. The van der Waals surface area contributed by atoms with E-state index in [1.807, 2.05) is 0 Å². The molecule has 2 aromatic rings. The van der Waals surface area contributed by atoms with Crippen molar-refractivity contribution in [3.8, 4) is 6.07 Å². The van der Waals surface area contributed by atoms with Gasteiger partial charge >= 0.3 is 6.18 Å². The first-order chi connectivity index (χ1) is 12.1. The Hall–Kier alpha value is -2.67. The average molecular weight is 387 g/mol. The van der Waals surface area contributed by atoms with Gasteiger partial charge in [0.15, 0.2) is 0 Å². The Morgan fingerprint density at radius 1 is 1.31 bits per heavy atom. The zero-order valence-corrected chi connectivity index (χ0v) is 13.9. The minimum atomic E-state index is -4.75. The quantitative estimate of drug-likeness (QED) is 0.628. The number of amides is 1. The number of aryl methyl sites for hydroxylation is 1. The summed E-state index contributed by atoms with van der Waals surface area (Å²) in [4.78, 5) is 15.7. The third-order valence-corrected chi connectivity index (χ3v) is 4.05. The maximum atomic E-state index is 13.5. The molecule has 2 rings (SSSR count). The predicted octanol–water partition coefficient (Wildman–Crippen LogP) is 4.29. The SMILES string of the molecule is Cc1cc(C(F)(F)F)c(C#N)c(SCC(=O)Nc2cc(F)ccc2F)n1. The zero-order valence-electron chi connectivity index (χ0n) is 13.1. The number of nitriles is 1. The highest BCUT2D eigenvalue weighted by Crippen LogP contribution is 2.35. The Bertz CT molecular complexity index is 893. The molecule has 1 amide bonds. The maximum Gasteiger partial charge on any atom is 0.417 e. The molecule has 26 heavy (non-hydrogen) atoms. The Kier molecular flexibility index (Phi) is 5.82. The number of halogens is 5. The van der Waals surface area contributed by atoms with Gasteiger partial charge in [0, 0.05) is 11.8 Å². The first-order valence-corrected chi connectivity index (χ1v) is 7.97. The van der Waals surface area contributed by atoms with Gasteiger partial charge in [0.05, 0.1) is 22.6 Å². The Labute approximate surface area is 149 Å². The van der Waals surface area contributed by atoms with Gasteiger partial charge in [0.25, 0.3) is 0 Å². The third-order valence-electron chi connectivity index (χ3n) is 3.07. The van der Waals surface area contributed by atoms with E-state index in [1.165, 1.54) is 13.0 Å². The van der Waals surface area contributed by atoms with Crippen LogP contribution >= 0.6 is 11.8 Å². The lowest BCUT2D eigenvalue weighted by Gasteiger charge is -2.13. The molecular weight excluding hydrogens is 377 g/mol. The number of hydrogen-bond donors (Lipinski definition) is 1. The number of hydrogen-bond acceptors (Lipinski definition) is 4. The molecule has 0 fully saturated rings. The molecule has 1 heterocycles. The van der Waals surface area contributed by atoms with Crippen LogP contribution in [0.5, 0.6) is 0 Å². The van der Waals surface area contributed by atoms with E-state index in [2.05, 4.69) is 10.3 Å². The molecule has 0 atom stereocenters. The molecule has 0 radical (unpaired) electrons. The van der Waals surface area contributed by atoms with Gasteiger partial charge in [-0.1, -0.05) is 11.8 Å². The van der Waals surface area contributed by atoms with Crippen molar-refractivity contribution in [2.45, 2.75) is 18.1 Å². The summed E-state index contributed by atoms with van der Waals surface area (Å²) in [5.41, 5.74) is -2.22. The highest BCUT2D eigenvalue weighted by Gasteiger charge is 2.35. The van der Waals surface area contributed by atoms with E-state index < -0.39 is 46.3 Å². The van der Waals surface area contributed by atoms with Crippen molar-refractivity contribution in [2.75, 3.05) is 11.1 Å². The number of nitrogens with one attached hydrogen (secondary N) is 1. The van der Waals surface area contributed by atoms with Gasteiger partial charge in [-0.2, -0.15) is 18.4 Å². The van der Waals surface area contributed by atoms with E-state index in [9.17, 15) is 26.7 Å². The Morgan fingerprint density at radius 2 is 2.00 bits per heavy atom. The van der Waals surface area contributed by atoms with E-state index in [1.54, 1.807) is 0 Å². The second-order valence-corrected chi connectivity index (χ2v) is 6.03. The van der Waals surface area contributed by atoms with Crippen LogP contribution in [0.4, 0.5) is 27.6 Å². The lowest BCUT2D eigenvalue weighted by molar-refractivity contribution is -0.138. The van der Waals surface area contributed by atoms with Crippen molar-refractivity contribution in [3.63, 3.8) is 0 Å². The number of aromatic nitrogens is 1. The summed E-state index contributed by atoms with van der Waals surface area (Å²) in [6.07, 6.45) is -4.75. The van der Waals surface area contributed by atoms with E-state index in [-0.39, 0.29) is 10.7 Å². The van der Waals surface area contributed by atoms with Crippen molar-refractivity contribution in [3.05, 3.63) is 52.7 Å². The molecule has 0 aliphatic rings. The molecule has 4 nitrogen and oxygen atoms in total. The monoisotopic (exact) mass is 387 g/mol. The zero-order chi connectivity index (χ0) is 19.5.